The highest BCUT2D eigenvalue weighted by Crippen LogP contribution is 2.18. The smallest absolute Gasteiger partial charge is 0.246 e. The average molecular weight is 290 g/mol. The number of allylic oxidation sites excluding steroid dienone is 1. The predicted octanol–water partition coefficient (Wildman–Crippen LogP) is 1.49. The van der Waals surface area contributed by atoms with Crippen molar-refractivity contribution in [1.82, 2.24) is 15.1 Å². The quantitative estimate of drug-likeness (QED) is 0.786. The first-order valence-electron chi connectivity index (χ1n) is 7.07. The summed E-state index contributed by atoms with van der Waals surface area (Å²) in [5.41, 5.74) is 1.01. The van der Waals surface area contributed by atoms with Gasteiger partial charge in [-0.1, -0.05) is 5.57 Å². The standard InChI is InChI=1S/C15H22N4O2/c1-11(2)9-15(20)19-8-7-12(10-19)21-14-6-5-13(16-17-14)18(3)4/h5-6,9,12H,7-8,10H2,1-4H3. The second-order valence-corrected chi connectivity index (χ2v) is 5.66. The van der Waals surface area contributed by atoms with E-state index in [2.05, 4.69) is 10.2 Å². The third kappa shape index (κ3) is 4.18. The van der Waals surface area contributed by atoms with Crippen LogP contribution in [0.5, 0.6) is 5.88 Å². The number of anilines is 1. The van der Waals surface area contributed by atoms with Gasteiger partial charge in [0, 0.05) is 39.2 Å². The molecule has 114 valence electrons. The molecule has 1 aliphatic heterocycles. The molecule has 6 heteroatoms. The minimum absolute atomic E-state index is 0.0148. The van der Waals surface area contributed by atoms with E-state index in [-0.39, 0.29) is 12.0 Å². The van der Waals surface area contributed by atoms with Crippen molar-refractivity contribution in [3.05, 3.63) is 23.8 Å². The minimum Gasteiger partial charge on any atom is -0.471 e. The molecule has 1 fully saturated rings. The van der Waals surface area contributed by atoms with Gasteiger partial charge in [0.05, 0.1) is 6.54 Å². The van der Waals surface area contributed by atoms with Crippen LogP contribution in [0.4, 0.5) is 5.82 Å². The average Bonchev–Trinajstić information content (AvgIpc) is 2.87. The number of aromatic nitrogens is 2. The van der Waals surface area contributed by atoms with E-state index in [0.29, 0.717) is 12.4 Å². The Morgan fingerprint density at radius 3 is 2.71 bits per heavy atom. The molecule has 1 atom stereocenters. The van der Waals surface area contributed by atoms with E-state index in [1.165, 1.54) is 0 Å². The van der Waals surface area contributed by atoms with Crippen LogP contribution in [0, 0.1) is 0 Å². The van der Waals surface area contributed by atoms with Crippen LogP contribution in [0.3, 0.4) is 0 Å². The van der Waals surface area contributed by atoms with E-state index in [1.807, 2.05) is 45.0 Å². The zero-order valence-corrected chi connectivity index (χ0v) is 13.0. The van der Waals surface area contributed by atoms with Crippen molar-refractivity contribution in [3.63, 3.8) is 0 Å². The van der Waals surface area contributed by atoms with Crippen molar-refractivity contribution < 1.29 is 9.53 Å². The van der Waals surface area contributed by atoms with Gasteiger partial charge in [-0.2, -0.15) is 0 Å². The van der Waals surface area contributed by atoms with Crippen LogP contribution in [-0.4, -0.2) is 54.3 Å². The second kappa shape index (κ2) is 6.56. The van der Waals surface area contributed by atoms with Gasteiger partial charge in [-0.05, 0) is 19.9 Å². The van der Waals surface area contributed by atoms with Crippen LogP contribution in [0.15, 0.2) is 23.8 Å². The lowest BCUT2D eigenvalue weighted by Gasteiger charge is -2.16. The molecule has 2 heterocycles. The van der Waals surface area contributed by atoms with Crippen molar-refractivity contribution in [3.8, 4) is 5.88 Å². The minimum atomic E-state index is -0.0148. The lowest BCUT2D eigenvalue weighted by Crippen LogP contribution is -2.29. The molecule has 0 aromatic carbocycles. The Bertz CT molecular complexity index is 521. The molecule has 2 rings (SSSR count). The van der Waals surface area contributed by atoms with Gasteiger partial charge in [-0.15, -0.1) is 10.2 Å². The van der Waals surface area contributed by atoms with E-state index in [9.17, 15) is 4.79 Å². The Kier molecular flexibility index (Phi) is 4.77. The molecular formula is C15H22N4O2. The number of amides is 1. The summed E-state index contributed by atoms with van der Waals surface area (Å²) in [5.74, 6) is 1.34. The van der Waals surface area contributed by atoms with Crippen LogP contribution in [0.1, 0.15) is 20.3 Å². The number of ether oxygens (including phenoxy) is 1. The SMILES string of the molecule is CC(C)=CC(=O)N1CCC(Oc2ccc(N(C)C)nn2)C1. The highest BCUT2D eigenvalue weighted by atomic mass is 16.5. The maximum absolute atomic E-state index is 11.9. The van der Waals surface area contributed by atoms with Gasteiger partial charge in [-0.3, -0.25) is 4.79 Å². The van der Waals surface area contributed by atoms with Crippen molar-refractivity contribution >= 4 is 11.7 Å². The highest BCUT2D eigenvalue weighted by Gasteiger charge is 2.26. The van der Waals surface area contributed by atoms with Gasteiger partial charge < -0.3 is 14.5 Å². The third-order valence-electron chi connectivity index (χ3n) is 3.24. The summed E-state index contributed by atoms with van der Waals surface area (Å²) in [6.07, 6.45) is 2.46. The fraction of sp³-hybridized carbons (Fsp3) is 0.533. The van der Waals surface area contributed by atoms with E-state index in [1.54, 1.807) is 11.0 Å². The lowest BCUT2D eigenvalue weighted by atomic mass is 10.3. The van der Waals surface area contributed by atoms with Crippen molar-refractivity contribution in [2.75, 3.05) is 32.1 Å². The maximum atomic E-state index is 11.9. The molecule has 21 heavy (non-hydrogen) atoms. The summed E-state index contributed by atoms with van der Waals surface area (Å²) in [6, 6.07) is 3.67. The highest BCUT2D eigenvalue weighted by molar-refractivity contribution is 5.88. The molecule has 6 nitrogen and oxygen atoms in total. The Morgan fingerprint density at radius 2 is 2.14 bits per heavy atom. The van der Waals surface area contributed by atoms with E-state index in [0.717, 1.165) is 24.4 Å². The summed E-state index contributed by atoms with van der Waals surface area (Å²) in [5, 5.41) is 8.13. The van der Waals surface area contributed by atoms with Gasteiger partial charge in [0.2, 0.25) is 11.8 Å². The van der Waals surface area contributed by atoms with Gasteiger partial charge >= 0.3 is 0 Å². The van der Waals surface area contributed by atoms with Crippen molar-refractivity contribution in [2.45, 2.75) is 26.4 Å². The fourth-order valence-electron chi connectivity index (χ4n) is 2.15. The molecule has 0 bridgehead atoms. The number of carbonyl (C=O) groups is 1. The number of carbonyl (C=O) groups excluding carboxylic acids is 1. The first-order chi connectivity index (χ1) is 9.95. The molecule has 0 aliphatic carbocycles. The van der Waals surface area contributed by atoms with Crippen LogP contribution < -0.4 is 9.64 Å². The van der Waals surface area contributed by atoms with Crippen molar-refractivity contribution in [2.24, 2.45) is 0 Å². The maximum Gasteiger partial charge on any atom is 0.246 e. The first-order valence-corrected chi connectivity index (χ1v) is 7.07. The van der Waals surface area contributed by atoms with E-state index >= 15 is 0 Å². The van der Waals surface area contributed by atoms with Crippen LogP contribution in [-0.2, 0) is 4.79 Å². The lowest BCUT2D eigenvalue weighted by molar-refractivity contribution is -0.125. The Hall–Kier alpha value is -2.11. The van der Waals surface area contributed by atoms with Gasteiger partial charge in [-0.25, -0.2) is 0 Å². The molecule has 0 saturated carbocycles. The topological polar surface area (TPSA) is 58.6 Å². The zero-order valence-electron chi connectivity index (χ0n) is 13.0. The Balaban J connectivity index is 1.90. The van der Waals surface area contributed by atoms with Crippen LogP contribution >= 0.6 is 0 Å². The molecule has 1 unspecified atom stereocenters. The number of hydrogen-bond donors (Lipinski definition) is 0. The number of rotatable bonds is 4. The van der Waals surface area contributed by atoms with Crippen LogP contribution in [0.25, 0.3) is 0 Å². The largest absolute Gasteiger partial charge is 0.471 e. The number of likely N-dealkylation sites (tertiary alicyclic amines) is 1. The van der Waals surface area contributed by atoms with E-state index in [4.69, 9.17) is 4.74 Å². The van der Waals surface area contributed by atoms with E-state index < -0.39 is 0 Å². The van der Waals surface area contributed by atoms with Gasteiger partial charge in [0.1, 0.15) is 6.10 Å². The number of nitrogens with zero attached hydrogens (tertiary/aromatic N) is 4. The molecule has 0 spiro atoms. The molecule has 1 aromatic heterocycles. The molecule has 1 aliphatic rings. The summed E-state index contributed by atoms with van der Waals surface area (Å²) < 4.78 is 5.79. The summed E-state index contributed by atoms with van der Waals surface area (Å²) in [4.78, 5) is 15.6. The van der Waals surface area contributed by atoms with Gasteiger partial charge in [0.15, 0.2) is 5.82 Å². The molecule has 0 radical (unpaired) electrons. The predicted molar refractivity (Wildman–Crippen MR) is 81.4 cm³/mol. The normalized spacial score (nSPS) is 17.5. The zero-order chi connectivity index (χ0) is 15.4. The second-order valence-electron chi connectivity index (χ2n) is 5.66. The van der Waals surface area contributed by atoms with Crippen molar-refractivity contribution in [1.29, 1.82) is 0 Å². The summed E-state index contributed by atoms with van der Waals surface area (Å²) >= 11 is 0. The number of hydrogen-bond acceptors (Lipinski definition) is 5. The fourth-order valence-corrected chi connectivity index (χ4v) is 2.15. The Morgan fingerprint density at radius 1 is 1.38 bits per heavy atom. The molecule has 1 aromatic rings. The molecule has 1 saturated heterocycles. The molecule has 1 amide bonds. The summed E-state index contributed by atoms with van der Waals surface area (Å²) in [6.45, 7) is 5.16. The Labute approximate surface area is 125 Å². The first kappa shape index (κ1) is 15.3. The monoisotopic (exact) mass is 290 g/mol. The molecule has 0 N–H and O–H groups in total. The van der Waals surface area contributed by atoms with Gasteiger partial charge in [0.25, 0.3) is 0 Å². The summed E-state index contributed by atoms with van der Waals surface area (Å²) in [7, 11) is 3.82. The van der Waals surface area contributed by atoms with Crippen LogP contribution in [0.2, 0.25) is 0 Å². The third-order valence-corrected chi connectivity index (χ3v) is 3.24. The molecular weight excluding hydrogens is 268 g/mol.